The van der Waals surface area contributed by atoms with Gasteiger partial charge in [0, 0.05) is 31.0 Å². The van der Waals surface area contributed by atoms with Gasteiger partial charge in [0.15, 0.2) is 33.7 Å². The van der Waals surface area contributed by atoms with Gasteiger partial charge >= 0.3 is 0 Å². The molecule has 224 valence electrons. The molecule has 3 aromatic heterocycles. The van der Waals surface area contributed by atoms with Crippen molar-refractivity contribution in [3.63, 3.8) is 0 Å². The molecular formula is C39H42N3O2+. The Labute approximate surface area is 261 Å². The quantitative estimate of drug-likeness (QED) is 0.189. The molecule has 0 aliphatic carbocycles. The lowest BCUT2D eigenvalue weighted by atomic mass is 9.92. The summed E-state index contributed by atoms with van der Waals surface area (Å²) in [6.45, 7) is 16.8. The van der Waals surface area contributed by atoms with E-state index in [1.54, 1.807) is 0 Å². The fraction of sp³-hybridized carbons (Fsp3) is 0.333. The zero-order valence-corrected chi connectivity index (χ0v) is 27.2. The number of aromatic nitrogens is 3. The number of imidazole rings is 1. The molecule has 4 aromatic carbocycles. The molecule has 0 spiro atoms. The van der Waals surface area contributed by atoms with E-state index in [4.69, 9.17) is 11.6 Å². The van der Waals surface area contributed by atoms with Crippen LogP contribution in [0.15, 0.2) is 75.6 Å². The van der Waals surface area contributed by atoms with Gasteiger partial charge in [-0.1, -0.05) is 90.9 Å². The summed E-state index contributed by atoms with van der Waals surface area (Å²) in [4.78, 5) is 4.61. The third-order valence-electron chi connectivity index (χ3n) is 8.66. The molecule has 3 heterocycles. The van der Waals surface area contributed by atoms with E-state index in [-0.39, 0.29) is 5.89 Å². The van der Waals surface area contributed by atoms with Gasteiger partial charge in [0.25, 0.3) is 5.82 Å². The van der Waals surface area contributed by atoms with Crippen molar-refractivity contribution < 1.29 is 16.1 Å². The normalized spacial score (nSPS) is 13.7. The molecule has 0 radical (unpaired) electrons. The topological polar surface area (TPSA) is 48.0 Å². The number of oxazole rings is 1. The van der Waals surface area contributed by atoms with Crippen LogP contribution >= 0.6 is 0 Å². The minimum atomic E-state index is -1.77. The maximum Gasteiger partial charge on any atom is 0.299 e. The van der Waals surface area contributed by atoms with Gasteiger partial charge in [-0.05, 0) is 54.0 Å². The molecule has 0 aliphatic rings. The van der Waals surface area contributed by atoms with E-state index in [9.17, 15) is 0 Å². The second-order valence-electron chi connectivity index (χ2n) is 13.7. The van der Waals surface area contributed by atoms with Gasteiger partial charge in [0.1, 0.15) is 16.8 Å². The van der Waals surface area contributed by atoms with Crippen molar-refractivity contribution in [2.75, 3.05) is 0 Å². The van der Waals surface area contributed by atoms with Gasteiger partial charge < -0.3 is 8.83 Å². The highest BCUT2D eigenvalue weighted by atomic mass is 16.4. The number of fused-ring (bicyclic) bond motifs is 6. The Morgan fingerprint density at radius 3 is 2.16 bits per heavy atom. The minimum absolute atomic E-state index is 0.0670. The van der Waals surface area contributed by atoms with Crippen LogP contribution in [0.4, 0.5) is 0 Å². The van der Waals surface area contributed by atoms with Crippen LogP contribution in [-0.4, -0.2) is 9.55 Å². The van der Waals surface area contributed by atoms with E-state index in [2.05, 4.69) is 110 Å². The first-order valence-corrected chi connectivity index (χ1v) is 15.6. The molecule has 0 amide bonds. The van der Waals surface area contributed by atoms with E-state index in [1.165, 1.54) is 16.8 Å². The second kappa shape index (κ2) is 10.1. The number of para-hydroxylation sites is 3. The van der Waals surface area contributed by atoms with Crippen molar-refractivity contribution in [2.24, 2.45) is 12.5 Å². The smallest absolute Gasteiger partial charge is 0.299 e. The van der Waals surface area contributed by atoms with E-state index in [1.807, 2.05) is 32.9 Å². The molecule has 0 fully saturated rings. The number of aryl methyl sites for hydroxylation is 2. The molecule has 7 rings (SSSR count). The molecule has 5 heteroatoms. The maximum absolute atomic E-state index is 8.79. The molecule has 0 saturated heterocycles. The third-order valence-corrected chi connectivity index (χ3v) is 8.66. The summed E-state index contributed by atoms with van der Waals surface area (Å²) in [5.41, 5.74) is 9.89. The first-order chi connectivity index (χ1) is 21.7. The Morgan fingerprint density at radius 2 is 1.48 bits per heavy atom. The fourth-order valence-corrected chi connectivity index (χ4v) is 6.63. The lowest BCUT2D eigenvalue weighted by molar-refractivity contribution is -0.633. The number of furan rings is 1. The van der Waals surface area contributed by atoms with Crippen molar-refractivity contribution in [3.8, 4) is 17.1 Å². The summed E-state index contributed by atoms with van der Waals surface area (Å²) in [6.07, 6.45) is -1.77. The highest BCUT2D eigenvalue weighted by Crippen LogP contribution is 2.43. The SMILES string of the molecule is [2H]C([2H])(c1nc2ccc3c4ccc(C)c(-c5n(-c6c(C(C)C)cccc6C(C)C)c6ccccc6[n+]5C)c4oc3c2o1)C(C)(C)C. The lowest BCUT2D eigenvalue weighted by Crippen LogP contribution is -2.30. The highest BCUT2D eigenvalue weighted by Gasteiger charge is 2.33. The first kappa shape index (κ1) is 26.1. The Kier molecular flexibility index (Phi) is 5.97. The van der Waals surface area contributed by atoms with Crippen molar-refractivity contribution >= 4 is 44.1 Å². The molecule has 0 bridgehead atoms. The van der Waals surface area contributed by atoms with Crippen LogP contribution in [-0.2, 0) is 13.4 Å². The molecule has 0 saturated carbocycles. The van der Waals surface area contributed by atoms with Crippen LogP contribution in [0, 0.1) is 12.3 Å². The monoisotopic (exact) mass is 586 g/mol. The molecule has 5 nitrogen and oxygen atoms in total. The van der Waals surface area contributed by atoms with Gasteiger partial charge in [-0.25, -0.2) is 9.55 Å². The zero-order valence-electron chi connectivity index (χ0n) is 29.2. The fourth-order valence-electron chi connectivity index (χ4n) is 6.63. The third kappa shape index (κ3) is 4.36. The Hall–Kier alpha value is -4.38. The number of hydrogen-bond acceptors (Lipinski definition) is 3. The maximum atomic E-state index is 8.79. The number of nitrogens with zero attached hydrogens (tertiary/aromatic N) is 3. The van der Waals surface area contributed by atoms with Gasteiger partial charge in [-0.15, -0.1) is 0 Å². The van der Waals surface area contributed by atoms with Gasteiger partial charge in [-0.3, -0.25) is 0 Å². The van der Waals surface area contributed by atoms with Crippen LogP contribution in [0.5, 0.6) is 0 Å². The number of rotatable bonds is 5. The Morgan fingerprint density at radius 1 is 0.818 bits per heavy atom. The summed E-state index contributed by atoms with van der Waals surface area (Å²) in [5, 5.41) is 1.89. The standard InChI is InChI=1S/C39H42N3O2/c1-22(2)25-13-12-14-26(23(3)4)34(25)42-31-16-11-10-15-30(31)41(9)38(42)33-24(5)17-18-27-28-19-20-29-37(36(28)44-35(27)33)43-32(40-29)21-39(6,7)8/h10-20,22-23H,21H2,1-9H3/q+1/i21D2. The average Bonchev–Trinajstić information content (AvgIpc) is 3.68. The largest absolute Gasteiger partial charge is 0.451 e. The van der Waals surface area contributed by atoms with Crippen LogP contribution in [0.25, 0.3) is 61.1 Å². The summed E-state index contributed by atoms with van der Waals surface area (Å²) < 4.78 is 35.4. The van der Waals surface area contributed by atoms with E-state index in [0.29, 0.717) is 28.5 Å². The summed E-state index contributed by atoms with van der Waals surface area (Å²) >= 11 is 0. The predicted molar refractivity (Wildman–Crippen MR) is 181 cm³/mol. The highest BCUT2D eigenvalue weighted by molar-refractivity contribution is 6.15. The first-order valence-electron chi connectivity index (χ1n) is 16.6. The van der Waals surface area contributed by atoms with Crippen LogP contribution in [0.1, 0.15) is 85.6 Å². The van der Waals surface area contributed by atoms with Crippen LogP contribution in [0.3, 0.4) is 0 Å². The molecule has 44 heavy (non-hydrogen) atoms. The van der Waals surface area contributed by atoms with Crippen molar-refractivity contribution in [3.05, 3.63) is 89.3 Å². The predicted octanol–water partition coefficient (Wildman–Crippen LogP) is 10.3. The summed E-state index contributed by atoms with van der Waals surface area (Å²) in [5.74, 6) is 1.74. The van der Waals surface area contributed by atoms with Gasteiger partial charge in [-0.2, -0.15) is 4.57 Å². The lowest BCUT2D eigenvalue weighted by Gasteiger charge is -2.18. The molecule has 0 aliphatic heterocycles. The molecule has 0 N–H and O–H groups in total. The second-order valence-corrected chi connectivity index (χ2v) is 13.7. The molecule has 0 unspecified atom stereocenters. The summed E-state index contributed by atoms with van der Waals surface area (Å²) in [7, 11) is 2.14. The number of hydrogen-bond donors (Lipinski definition) is 0. The minimum Gasteiger partial charge on any atom is -0.451 e. The molecule has 0 atom stereocenters. The Balaban J connectivity index is 1.61. The van der Waals surface area contributed by atoms with E-state index < -0.39 is 11.8 Å². The average molecular weight is 587 g/mol. The van der Waals surface area contributed by atoms with E-state index in [0.717, 1.165) is 44.3 Å². The van der Waals surface area contributed by atoms with Crippen molar-refractivity contribution in [2.45, 2.75) is 73.6 Å². The molecule has 7 aromatic rings. The van der Waals surface area contributed by atoms with Crippen molar-refractivity contribution in [1.82, 2.24) is 9.55 Å². The van der Waals surface area contributed by atoms with Crippen LogP contribution in [0.2, 0.25) is 0 Å². The van der Waals surface area contributed by atoms with Crippen LogP contribution < -0.4 is 4.57 Å². The number of benzene rings is 4. The summed E-state index contributed by atoms with van der Waals surface area (Å²) in [6, 6.07) is 23.5. The van der Waals surface area contributed by atoms with Gasteiger partial charge in [0.2, 0.25) is 0 Å². The zero-order chi connectivity index (χ0) is 32.9. The molecular weight excluding hydrogens is 542 g/mol. The van der Waals surface area contributed by atoms with E-state index >= 15 is 0 Å². The van der Waals surface area contributed by atoms with Crippen molar-refractivity contribution in [1.29, 1.82) is 0 Å². The Bertz CT molecular complexity index is 2290. The van der Waals surface area contributed by atoms with Gasteiger partial charge in [0.05, 0.1) is 7.05 Å².